The maximum Gasteiger partial charge on any atom is 0.0658 e. The van der Waals surface area contributed by atoms with Gasteiger partial charge in [-0.05, 0) is 56.3 Å². The highest BCUT2D eigenvalue weighted by atomic mass is 14.8. The molecule has 76 valence electrons. The second-order valence-electron chi connectivity index (χ2n) is 5.91. The van der Waals surface area contributed by atoms with E-state index in [1.54, 1.807) is 0 Å². The van der Waals surface area contributed by atoms with Gasteiger partial charge in [0.1, 0.15) is 0 Å². The van der Waals surface area contributed by atoms with Crippen molar-refractivity contribution in [2.24, 2.45) is 29.4 Å². The summed E-state index contributed by atoms with van der Waals surface area (Å²) < 4.78 is 0. The lowest BCUT2D eigenvalue weighted by Crippen LogP contribution is -2.50. The van der Waals surface area contributed by atoms with Crippen molar-refractivity contribution in [2.75, 3.05) is 0 Å². The molecule has 0 amide bonds. The van der Waals surface area contributed by atoms with Crippen LogP contribution in [-0.2, 0) is 0 Å². The van der Waals surface area contributed by atoms with E-state index in [-0.39, 0.29) is 5.54 Å². The third-order valence-electron chi connectivity index (χ3n) is 4.68. The Labute approximate surface area is 85.5 Å². The van der Waals surface area contributed by atoms with Crippen LogP contribution in [0, 0.1) is 35.0 Å². The molecule has 0 aromatic heterocycles. The van der Waals surface area contributed by atoms with Crippen molar-refractivity contribution < 1.29 is 0 Å². The lowest BCUT2D eigenvalue weighted by Gasteiger charge is -2.46. The van der Waals surface area contributed by atoms with E-state index in [9.17, 15) is 0 Å². The molecule has 0 unspecified atom stereocenters. The average Bonchev–Trinajstić information content (AvgIpc) is 2.26. The van der Waals surface area contributed by atoms with Crippen molar-refractivity contribution in [3.05, 3.63) is 0 Å². The van der Waals surface area contributed by atoms with Gasteiger partial charge < -0.3 is 5.73 Å². The van der Waals surface area contributed by atoms with Gasteiger partial charge in [0.05, 0.1) is 6.07 Å². The first-order valence-electron chi connectivity index (χ1n) is 5.87. The number of nitriles is 1. The van der Waals surface area contributed by atoms with Crippen LogP contribution in [0.3, 0.4) is 0 Å². The molecule has 2 nitrogen and oxygen atoms in total. The fraction of sp³-hybridized carbons (Fsp3) is 0.917. The Kier molecular flexibility index (Phi) is 1.70. The summed E-state index contributed by atoms with van der Waals surface area (Å²) in [4.78, 5) is 0. The minimum Gasteiger partial charge on any atom is -0.325 e. The van der Waals surface area contributed by atoms with Crippen molar-refractivity contribution in [3.8, 4) is 6.07 Å². The van der Waals surface area contributed by atoms with Gasteiger partial charge in [0, 0.05) is 11.5 Å². The van der Waals surface area contributed by atoms with E-state index >= 15 is 0 Å². The van der Waals surface area contributed by atoms with Crippen LogP contribution in [0.25, 0.3) is 0 Å². The predicted molar refractivity (Wildman–Crippen MR) is 54.2 cm³/mol. The van der Waals surface area contributed by atoms with Gasteiger partial charge in [-0.3, -0.25) is 0 Å². The maximum atomic E-state index is 9.16. The summed E-state index contributed by atoms with van der Waals surface area (Å²) in [6.07, 6.45) is 7.33. The molecule has 0 heterocycles. The number of hydrogen-bond acceptors (Lipinski definition) is 2. The fourth-order valence-corrected chi connectivity index (χ4v) is 4.45. The Balaban J connectivity index is 1.96. The molecule has 0 aliphatic heterocycles. The van der Waals surface area contributed by atoms with Crippen molar-refractivity contribution in [2.45, 2.75) is 44.1 Å². The number of hydrogen-bond donors (Lipinski definition) is 1. The van der Waals surface area contributed by atoms with E-state index in [1.165, 1.54) is 25.7 Å². The lowest BCUT2D eigenvalue weighted by molar-refractivity contribution is 0.101. The maximum absolute atomic E-state index is 9.16. The summed E-state index contributed by atoms with van der Waals surface area (Å²) in [5.41, 5.74) is 6.54. The lowest BCUT2D eigenvalue weighted by atomic mass is 9.63. The van der Waals surface area contributed by atoms with Crippen molar-refractivity contribution in [3.63, 3.8) is 0 Å². The molecule has 0 aromatic rings. The Morgan fingerprint density at radius 1 is 1.07 bits per heavy atom. The minimum absolute atomic E-state index is 0.113. The largest absolute Gasteiger partial charge is 0.325 e. The number of nitrogens with zero attached hydrogens (tertiary/aromatic N) is 1. The first-order valence-corrected chi connectivity index (χ1v) is 5.87. The minimum atomic E-state index is 0.113. The van der Waals surface area contributed by atoms with Crippen LogP contribution in [0.4, 0.5) is 0 Å². The van der Waals surface area contributed by atoms with Crippen molar-refractivity contribution >= 4 is 0 Å². The number of fused-ring (bicyclic) bond motifs is 1. The first kappa shape index (κ1) is 8.73. The molecule has 2 heteroatoms. The van der Waals surface area contributed by atoms with E-state index in [0.717, 1.165) is 24.7 Å². The molecule has 4 aliphatic carbocycles. The highest BCUT2D eigenvalue weighted by Crippen LogP contribution is 2.53. The van der Waals surface area contributed by atoms with Gasteiger partial charge in [0.25, 0.3) is 0 Å². The Morgan fingerprint density at radius 3 is 2.43 bits per heavy atom. The third-order valence-corrected chi connectivity index (χ3v) is 4.68. The fourth-order valence-electron chi connectivity index (χ4n) is 4.45. The van der Waals surface area contributed by atoms with Crippen LogP contribution < -0.4 is 5.73 Å². The number of rotatable bonds is 0. The first-order chi connectivity index (χ1) is 6.68. The molecular weight excluding hydrogens is 172 g/mol. The molecule has 5 atom stereocenters. The Hall–Kier alpha value is -0.550. The summed E-state index contributed by atoms with van der Waals surface area (Å²) in [7, 11) is 0. The van der Waals surface area contributed by atoms with Gasteiger partial charge in [-0.15, -0.1) is 0 Å². The van der Waals surface area contributed by atoms with E-state index in [2.05, 4.69) is 6.07 Å². The second kappa shape index (κ2) is 2.73. The van der Waals surface area contributed by atoms with Gasteiger partial charge in [0.2, 0.25) is 0 Å². The van der Waals surface area contributed by atoms with E-state index in [4.69, 9.17) is 11.0 Å². The highest BCUT2D eigenvalue weighted by Gasteiger charge is 2.49. The van der Waals surface area contributed by atoms with Crippen LogP contribution >= 0.6 is 0 Å². The van der Waals surface area contributed by atoms with E-state index < -0.39 is 0 Å². The molecule has 0 radical (unpaired) electrons. The molecule has 4 bridgehead atoms. The molecule has 4 saturated carbocycles. The monoisotopic (exact) mass is 190 g/mol. The molecule has 4 rings (SSSR count). The zero-order chi connectivity index (χ0) is 9.76. The van der Waals surface area contributed by atoms with Gasteiger partial charge >= 0.3 is 0 Å². The van der Waals surface area contributed by atoms with Gasteiger partial charge in [-0.1, -0.05) is 0 Å². The van der Waals surface area contributed by atoms with Crippen molar-refractivity contribution in [1.82, 2.24) is 0 Å². The molecular formula is C12H18N2. The summed E-state index contributed by atoms with van der Waals surface area (Å²) in [6.45, 7) is 0. The van der Waals surface area contributed by atoms with Gasteiger partial charge in [-0.2, -0.15) is 5.26 Å². The Morgan fingerprint density at radius 2 is 1.79 bits per heavy atom. The normalized spacial score (nSPS) is 55.4. The smallest absolute Gasteiger partial charge is 0.0658 e. The van der Waals surface area contributed by atoms with Crippen LogP contribution in [0.5, 0.6) is 0 Å². The molecule has 0 aromatic carbocycles. The molecule has 0 saturated heterocycles. The Bertz CT molecular complexity index is 293. The van der Waals surface area contributed by atoms with Crippen LogP contribution in [0.15, 0.2) is 0 Å². The van der Waals surface area contributed by atoms with Gasteiger partial charge in [-0.25, -0.2) is 0 Å². The van der Waals surface area contributed by atoms with Crippen LogP contribution in [0.1, 0.15) is 38.5 Å². The van der Waals surface area contributed by atoms with E-state index in [1.807, 2.05) is 0 Å². The SMILES string of the molecule is N#C[C@@H]1C[C@@H]2C[C@@H]3C[C@H]1C[C@@](N)(C3)C2. The highest BCUT2D eigenvalue weighted by molar-refractivity contribution is 5.07. The number of nitrogens with two attached hydrogens (primary N) is 1. The summed E-state index contributed by atoms with van der Waals surface area (Å²) in [6, 6.07) is 2.52. The average molecular weight is 190 g/mol. The van der Waals surface area contributed by atoms with E-state index in [0.29, 0.717) is 11.8 Å². The summed E-state index contributed by atoms with van der Waals surface area (Å²) >= 11 is 0. The quantitative estimate of drug-likeness (QED) is 0.635. The second-order valence-corrected chi connectivity index (χ2v) is 5.91. The van der Waals surface area contributed by atoms with Gasteiger partial charge in [0.15, 0.2) is 0 Å². The van der Waals surface area contributed by atoms with Crippen molar-refractivity contribution in [1.29, 1.82) is 5.26 Å². The molecule has 4 aliphatic rings. The van der Waals surface area contributed by atoms with Crippen LogP contribution in [0.2, 0.25) is 0 Å². The predicted octanol–water partition coefficient (Wildman–Crippen LogP) is 2.05. The third kappa shape index (κ3) is 1.19. The van der Waals surface area contributed by atoms with Crippen LogP contribution in [-0.4, -0.2) is 5.54 Å². The summed E-state index contributed by atoms with van der Waals surface area (Å²) in [5, 5.41) is 9.16. The summed E-state index contributed by atoms with van der Waals surface area (Å²) in [5.74, 6) is 2.54. The zero-order valence-corrected chi connectivity index (χ0v) is 8.58. The molecule has 2 N–H and O–H groups in total. The topological polar surface area (TPSA) is 49.8 Å². The standard InChI is InChI=1S/C12H18N2/c13-7-11-3-9-1-8-2-10(11)6-12(14,4-8)5-9/h8-11H,1-6,14H2/t8-,9+,10+,11+,12-/m1/s1. The molecule has 4 fully saturated rings. The zero-order valence-electron chi connectivity index (χ0n) is 8.58. The molecule has 14 heavy (non-hydrogen) atoms. The molecule has 0 spiro atoms.